The molecule has 80 valence electrons. The van der Waals surface area contributed by atoms with Gasteiger partial charge < -0.3 is 3.97 Å². The summed E-state index contributed by atoms with van der Waals surface area (Å²) in [6.07, 6.45) is 5.84. The van der Waals surface area contributed by atoms with E-state index < -0.39 is 10.2 Å². The van der Waals surface area contributed by atoms with Crippen molar-refractivity contribution in [3.05, 3.63) is 30.7 Å². The zero-order chi connectivity index (χ0) is 11.1. The monoisotopic (exact) mass is 231 g/mol. The minimum absolute atomic E-state index is 0. The van der Waals surface area contributed by atoms with Crippen LogP contribution in [0.5, 0.6) is 0 Å². The third-order valence-corrected chi connectivity index (χ3v) is 3.76. The Morgan fingerprint density at radius 1 is 1.44 bits per heavy atom. The van der Waals surface area contributed by atoms with Gasteiger partial charge in [-0.25, -0.2) is 0 Å². The van der Waals surface area contributed by atoms with Crippen LogP contribution in [-0.4, -0.2) is 35.8 Å². The Labute approximate surface area is 106 Å². The molecular formula is C9H10LiN3O2S. The van der Waals surface area contributed by atoms with Crippen LogP contribution in [0, 0.1) is 6.20 Å². The maximum atomic E-state index is 11.8. The number of rotatable bonds is 2. The fourth-order valence-corrected chi connectivity index (χ4v) is 2.17. The molecule has 2 heterocycles. The SMILES string of the molecule is CN(C)S(=O)(=O)n1[c-]cc2cnccc21.[Li+]. The fourth-order valence-electron chi connectivity index (χ4n) is 1.25. The van der Waals surface area contributed by atoms with Crippen LogP contribution in [0.1, 0.15) is 0 Å². The summed E-state index contributed by atoms with van der Waals surface area (Å²) in [5.74, 6) is 0. The summed E-state index contributed by atoms with van der Waals surface area (Å²) < 4.78 is 25.9. The first kappa shape index (κ1) is 13.3. The van der Waals surface area contributed by atoms with Gasteiger partial charge in [0.15, 0.2) is 0 Å². The number of hydrogen-bond donors (Lipinski definition) is 0. The Balaban J connectivity index is 0.00000128. The number of aromatic nitrogens is 2. The smallest absolute Gasteiger partial charge is 0.351 e. The quantitative estimate of drug-likeness (QED) is 0.424. The van der Waals surface area contributed by atoms with E-state index in [1.54, 1.807) is 24.5 Å². The van der Waals surface area contributed by atoms with Gasteiger partial charge in [-0.15, -0.1) is 5.39 Å². The van der Waals surface area contributed by atoms with E-state index in [1.807, 2.05) is 0 Å². The van der Waals surface area contributed by atoms with Crippen molar-refractivity contribution in [2.75, 3.05) is 14.1 Å². The Morgan fingerprint density at radius 3 is 2.75 bits per heavy atom. The molecule has 0 atom stereocenters. The van der Waals surface area contributed by atoms with Crippen molar-refractivity contribution in [1.82, 2.24) is 13.3 Å². The van der Waals surface area contributed by atoms with Gasteiger partial charge in [-0.3, -0.25) is 4.98 Å². The maximum Gasteiger partial charge on any atom is 1.00 e. The standard InChI is InChI=1S/C9H10N3O2S.Li/c1-11(2)15(13,14)12-6-4-8-7-10-5-3-9(8)12;/h3-5,7H,1-2H3;/q-1;+1. The minimum atomic E-state index is -3.49. The van der Waals surface area contributed by atoms with Crippen LogP contribution >= 0.6 is 0 Å². The van der Waals surface area contributed by atoms with Crippen molar-refractivity contribution in [2.24, 2.45) is 0 Å². The molecule has 0 saturated carbocycles. The third kappa shape index (κ3) is 2.02. The zero-order valence-corrected chi connectivity index (χ0v) is 10.2. The van der Waals surface area contributed by atoms with Gasteiger partial charge in [-0.1, -0.05) is 17.8 Å². The summed E-state index contributed by atoms with van der Waals surface area (Å²) in [6.45, 7) is 0. The van der Waals surface area contributed by atoms with E-state index in [-0.39, 0.29) is 18.9 Å². The molecule has 2 rings (SSSR count). The predicted molar refractivity (Wildman–Crippen MR) is 56.6 cm³/mol. The van der Waals surface area contributed by atoms with Gasteiger partial charge in [0, 0.05) is 20.3 Å². The summed E-state index contributed by atoms with van der Waals surface area (Å²) in [4.78, 5) is 3.91. The number of nitrogens with zero attached hydrogens (tertiary/aromatic N) is 3. The summed E-state index contributed by atoms with van der Waals surface area (Å²) in [7, 11) is -0.529. The van der Waals surface area contributed by atoms with Crippen LogP contribution in [-0.2, 0) is 10.2 Å². The molecule has 16 heavy (non-hydrogen) atoms. The van der Waals surface area contributed by atoms with E-state index in [0.717, 1.165) is 13.7 Å². The van der Waals surface area contributed by atoms with Crippen molar-refractivity contribution in [2.45, 2.75) is 0 Å². The van der Waals surface area contributed by atoms with Crippen molar-refractivity contribution < 1.29 is 27.3 Å². The molecule has 0 bridgehead atoms. The summed E-state index contributed by atoms with van der Waals surface area (Å²) in [5, 5.41) is 0.753. The van der Waals surface area contributed by atoms with E-state index >= 15 is 0 Å². The predicted octanol–water partition coefficient (Wildman–Crippen LogP) is -2.51. The van der Waals surface area contributed by atoms with Gasteiger partial charge >= 0.3 is 18.9 Å². The molecule has 5 nitrogen and oxygen atoms in total. The van der Waals surface area contributed by atoms with Crippen molar-refractivity contribution in [3.63, 3.8) is 0 Å². The zero-order valence-electron chi connectivity index (χ0n) is 9.38. The molecular weight excluding hydrogens is 221 g/mol. The first-order valence-corrected chi connectivity index (χ1v) is 5.69. The second kappa shape index (κ2) is 4.60. The Bertz CT molecular complexity index is 592. The molecule has 2 aromatic heterocycles. The Morgan fingerprint density at radius 2 is 2.12 bits per heavy atom. The van der Waals surface area contributed by atoms with Gasteiger partial charge in [0.2, 0.25) is 0 Å². The number of pyridine rings is 1. The van der Waals surface area contributed by atoms with Crippen molar-refractivity contribution in [3.8, 4) is 0 Å². The third-order valence-electron chi connectivity index (χ3n) is 2.08. The van der Waals surface area contributed by atoms with Crippen LogP contribution in [0.3, 0.4) is 0 Å². The van der Waals surface area contributed by atoms with E-state index in [0.29, 0.717) is 5.52 Å². The maximum absolute atomic E-state index is 11.8. The van der Waals surface area contributed by atoms with Gasteiger partial charge in [0.1, 0.15) is 0 Å². The largest absolute Gasteiger partial charge is 1.00 e. The van der Waals surface area contributed by atoms with Gasteiger partial charge in [0.05, 0.1) is 0 Å². The van der Waals surface area contributed by atoms with Gasteiger partial charge in [-0.05, 0) is 6.20 Å². The normalized spacial score (nSPS) is 11.7. The molecule has 0 aromatic carbocycles. The van der Waals surface area contributed by atoms with Gasteiger partial charge in [0.25, 0.3) is 10.2 Å². The van der Waals surface area contributed by atoms with Crippen LogP contribution in [0.25, 0.3) is 10.9 Å². The average Bonchev–Trinajstić information content (AvgIpc) is 2.61. The second-order valence-corrected chi connectivity index (χ2v) is 5.25. The molecule has 7 heteroatoms. The van der Waals surface area contributed by atoms with Crippen molar-refractivity contribution >= 4 is 21.1 Å². The molecule has 0 fully saturated rings. The fraction of sp³-hybridized carbons (Fsp3) is 0.222. The molecule has 0 N–H and O–H groups in total. The van der Waals surface area contributed by atoms with Crippen LogP contribution in [0.4, 0.5) is 0 Å². The van der Waals surface area contributed by atoms with E-state index in [9.17, 15) is 8.42 Å². The van der Waals surface area contributed by atoms with E-state index in [2.05, 4.69) is 11.2 Å². The number of hydrogen-bond acceptors (Lipinski definition) is 3. The first-order chi connectivity index (χ1) is 7.03. The molecule has 0 spiro atoms. The molecule has 0 aliphatic heterocycles. The molecule has 0 radical (unpaired) electrons. The van der Waals surface area contributed by atoms with Gasteiger partial charge in [-0.2, -0.15) is 18.8 Å². The molecule has 0 amide bonds. The molecule has 0 saturated heterocycles. The van der Waals surface area contributed by atoms with E-state index in [1.165, 1.54) is 14.1 Å². The summed E-state index contributed by atoms with van der Waals surface area (Å²) >= 11 is 0. The molecule has 0 aliphatic carbocycles. The first-order valence-electron chi connectivity index (χ1n) is 4.29. The topological polar surface area (TPSA) is 55.2 Å². The van der Waals surface area contributed by atoms with Crippen molar-refractivity contribution in [1.29, 1.82) is 0 Å². The minimum Gasteiger partial charge on any atom is -0.351 e. The summed E-state index contributed by atoms with van der Waals surface area (Å²) in [6, 6.07) is 3.25. The van der Waals surface area contributed by atoms with Crippen LogP contribution in [0.2, 0.25) is 0 Å². The Hall–Kier alpha value is -0.803. The molecule has 2 aromatic rings. The Kier molecular flexibility index (Phi) is 3.81. The second-order valence-electron chi connectivity index (χ2n) is 3.26. The number of fused-ring (bicyclic) bond motifs is 1. The average molecular weight is 231 g/mol. The summed E-state index contributed by atoms with van der Waals surface area (Å²) in [5.41, 5.74) is 0.582. The van der Waals surface area contributed by atoms with E-state index in [4.69, 9.17) is 0 Å². The van der Waals surface area contributed by atoms with Crippen LogP contribution in [0.15, 0.2) is 24.5 Å². The molecule has 0 aliphatic rings. The van der Waals surface area contributed by atoms with Crippen LogP contribution < -0.4 is 18.9 Å². The molecule has 0 unspecified atom stereocenters.